The maximum Gasteiger partial charge on any atom is 0.384 e. The van der Waals surface area contributed by atoms with Crippen LogP contribution in [0.3, 0.4) is 0 Å². The second kappa shape index (κ2) is 4.26. The standard InChI is InChI=1S/C8H9N3O2/c1-3-13-8(12)5-4-7-9-6-10-11(7)2/h6H,3H2,1-2H3. The molecule has 0 bridgehead atoms. The highest BCUT2D eigenvalue weighted by molar-refractivity contribution is 5.88. The first-order valence-electron chi connectivity index (χ1n) is 3.76. The number of hydrogen-bond acceptors (Lipinski definition) is 4. The molecule has 0 fully saturated rings. The van der Waals surface area contributed by atoms with E-state index in [1.807, 2.05) is 0 Å². The molecule has 0 aliphatic heterocycles. The zero-order valence-corrected chi connectivity index (χ0v) is 7.44. The van der Waals surface area contributed by atoms with Crippen LogP contribution >= 0.6 is 0 Å². The Balaban J connectivity index is 2.67. The van der Waals surface area contributed by atoms with Gasteiger partial charge in [-0.1, -0.05) is 0 Å². The third-order valence-electron chi connectivity index (χ3n) is 1.26. The summed E-state index contributed by atoms with van der Waals surface area (Å²) in [6.07, 6.45) is 1.37. The van der Waals surface area contributed by atoms with Crippen LogP contribution in [0.15, 0.2) is 6.33 Å². The van der Waals surface area contributed by atoms with Gasteiger partial charge in [-0.15, -0.1) is 0 Å². The summed E-state index contributed by atoms with van der Waals surface area (Å²) in [5, 5.41) is 3.79. The fourth-order valence-corrected chi connectivity index (χ4v) is 0.683. The highest BCUT2D eigenvalue weighted by Gasteiger charge is 1.96. The van der Waals surface area contributed by atoms with Gasteiger partial charge in [0.1, 0.15) is 6.33 Å². The molecular formula is C8H9N3O2. The quantitative estimate of drug-likeness (QED) is 0.440. The molecule has 0 aromatic carbocycles. The summed E-state index contributed by atoms with van der Waals surface area (Å²) >= 11 is 0. The second-order valence-corrected chi connectivity index (χ2v) is 2.18. The highest BCUT2D eigenvalue weighted by Crippen LogP contribution is 1.85. The summed E-state index contributed by atoms with van der Waals surface area (Å²) in [5.41, 5.74) is 0. The minimum absolute atomic E-state index is 0.326. The first kappa shape index (κ1) is 9.26. The molecule has 13 heavy (non-hydrogen) atoms. The average molecular weight is 179 g/mol. The van der Waals surface area contributed by atoms with Gasteiger partial charge in [-0.2, -0.15) is 5.10 Å². The van der Waals surface area contributed by atoms with Crippen molar-refractivity contribution in [3.63, 3.8) is 0 Å². The first-order chi connectivity index (χ1) is 6.24. The van der Waals surface area contributed by atoms with Crippen LogP contribution in [0.1, 0.15) is 12.7 Å². The lowest BCUT2D eigenvalue weighted by Gasteiger charge is -1.90. The minimum Gasteiger partial charge on any atom is -0.456 e. The van der Waals surface area contributed by atoms with Gasteiger partial charge in [0.2, 0.25) is 5.82 Å². The van der Waals surface area contributed by atoms with E-state index < -0.39 is 5.97 Å². The van der Waals surface area contributed by atoms with Crippen molar-refractivity contribution in [2.45, 2.75) is 6.92 Å². The van der Waals surface area contributed by atoms with Crippen LogP contribution in [0.4, 0.5) is 0 Å². The van der Waals surface area contributed by atoms with E-state index in [4.69, 9.17) is 0 Å². The van der Waals surface area contributed by atoms with E-state index in [2.05, 4.69) is 26.7 Å². The number of carbonyl (C=O) groups is 1. The molecule has 1 heterocycles. The molecule has 0 saturated carbocycles. The molecule has 0 radical (unpaired) electrons. The van der Waals surface area contributed by atoms with Gasteiger partial charge in [-0.05, 0) is 12.8 Å². The van der Waals surface area contributed by atoms with E-state index in [9.17, 15) is 4.79 Å². The second-order valence-electron chi connectivity index (χ2n) is 2.18. The number of esters is 1. The van der Waals surface area contributed by atoms with Crippen molar-refractivity contribution in [3.05, 3.63) is 12.2 Å². The molecule has 0 aliphatic carbocycles. The normalized spacial score (nSPS) is 8.77. The maximum atomic E-state index is 10.8. The molecule has 68 valence electrons. The lowest BCUT2D eigenvalue weighted by atomic mass is 10.5. The summed E-state index contributed by atoms with van der Waals surface area (Å²) in [7, 11) is 1.70. The number of carbonyl (C=O) groups excluding carboxylic acids is 1. The van der Waals surface area contributed by atoms with Crippen molar-refractivity contribution in [1.82, 2.24) is 14.8 Å². The van der Waals surface area contributed by atoms with E-state index in [0.717, 1.165) is 0 Å². The zero-order chi connectivity index (χ0) is 9.68. The monoisotopic (exact) mass is 179 g/mol. The van der Waals surface area contributed by atoms with Crippen molar-refractivity contribution in [2.24, 2.45) is 7.05 Å². The van der Waals surface area contributed by atoms with E-state index in [1.54, 1.807) is 14.0 Å². The van der Waals surface area contributed by atoms with Gasteiger partial charge in [0.25, 0.3) is 0 Å². The highest BCUT2D eigenvalue weighted by atomic mass is 16.5. The summed E-state index contributed by atoms with van der Waals surface area (Å²) < 4.78 is 6.09. The van der Waals surface area contributed by atoms with E-state index >= 15 is 0 Å². The van der Waals surface area contributed by atoms with Crippen LogP contribution in [-0.4, -0.2) is 27.3 Å². The van der Waals surface area contributed by atoms with Crippen LogP contribution in [0.2, 0.25) is 0 Å². The van der Waals surface area contributed by atoms with Gasteiger partial charge >= 0.3 is 5.97 Å². The molecule has 0 N–H and O–H groups in total. The Morgan fingerprint density at radius 2 is 2.54 bits per heavy atom. The maximum absolute atomic E-state index is 10.8. The molecule has 0 unspecified atom stereocenters. The Hall–Kier alpha value is -1.83. The largest absolute Gasteiger partial charge is 0.456 e. The molecule has 0 spiro atoms. The Morgan fingerprint density at radius 3 is 3.08 bits per heavy atom. The Morgan fingerprint density at radius 1 is 1.77 bits per heavy atom. The summed E-state index contributed by atoms with van der Waals surface area (Å²) in [6.45, 7) is 2.05. The summed E-state index contributed by atoms with van der Waals surface area (Å²) in [6, 6.07) is 0. The van der Waals surface area contributed by atoms with Gasteiger partial charge in [-0.3, -0.25) is 0 Å². The van der Waals surface area contributed by atoms with Gasteiger partial charge in [-0.25, -0.2) is 14.5 Å². The molecule has 0 saturated heterocycles. The van der Waals surface area contributed by atoms with Crippen molar-refractivity contribution in [3.8, 4) is 11.8 Å². The number of aromatic nitrogens is 3. The van der Waals surface area contributed by atoms with Gasteiger partial charge < -0.3 is 4.74 Å². The number of hydrogen-bond donors (Lipinski definition) is 0. The predicted octanol–water partition coefficient (Wildman–Crippen LogP) is -0.270. The van der Waals surface area contributed by atoms with Crippen LogP contribution in [0, 0.1) is 11.8 Å². The molecule has 1 aromatic rings. The fourth-order valence-electron chi connectivity index (χ4n) is 0.683. The number of ether oxygens (including phenoxy) is 1. The van der Waals surface area contributed by atoms with Crippen LogP contribution in [0.25, 0.3) is 0 Å². The van der Waals surface area contributed by atoms with Crippen molar-refractivity contribution in [1.29, 1.82) is 0 Å². The average Bonchev–Trinajstić information content (AvgIpc) is 2.48. The fraction of sp³-hybridized carbons (Fsp3) is 0.375. The van der Waals surface area contributed by atoms with Crippen molar-refractivity contribution in [2.75, 3.05) is 6.61 Å². The topological polar surface area (TPSA) is 57.0 Å². The molecule has 0 atom stereocenters. The predicted molar refractivity (Wildman–Crippen MR) is 44.5 cm³/mol. The summed E-state index contributed by atoms with van der Waals surface area (Å²) in [4.78, 5) is 14.6. The number of nitrogens with zero attached hydrogens (tertiary/aromatic N) is 3. The van der Waals surface area contributed by atoms with Gasteiger partial charge in [0.05, 0.1) is 6.61 Å². The Kier molecular flexibility index (Phi) is 3.03. The summed E-state index contributed by atoms with van der Waals surface area (Å²) in [5.74, 6) is 4.72. The third-order valence-corrected chi connectivity index (χ3v) is 1.26. The number of aryl methyl sites for hydroxylation is 1. The van der Waals surface area contributed by atoms with E-state index in [-0.39, 0.29) is 0 Å². The molecule has 0 amide bonds. The Bertz CT molecular complexity index is 359. The SMILES string of the molecule is CCOC(=O)C#Cc1ncnn1C. The van der Waals surface area contributed by atoms with Gasteiger partial charge in [0.15, 0.2) is 0 Å². The number of rotatable bonds is 1. The molecule has 0 aliphatic rings. The van der Waals surface area contributed by atoms with Crippen LogP contribution in [0.5, 0.6) is 0 Å². The minimum atomic E-state index is -0.550. The molecular weight excluding hydrogens is 170 g/mol. The van der Waals surface area contributed by atoms with Crippen LogP contribution < -0.4 is 0 Å². The lowest BCUT2D eigenvalue weighted by molar-refractivity contribution is -0.136. The van der Waals surface area contributed by atoms with Crippen molar-refractivity contribution >= 4 is 5.97 Å². The Labute approximate surface area is 75.7 Å². The third kappa shape index (κ3) is 2.60. The van der Waals surface area contributed by atoms with Crippen molar-refractivity contribution < 1.29 is 9.53 Å². The molecule has 1 aromatic heterocycles. The smallest absolute Gasteiger partial charge is 0.384 e. The van der Waals surface area contributed by atoms with E-state index in [0.29, 0.717) is 12.4 Å². The molecule has 5 heteroatoms. The zero-order valence-electron chi connectivity index (χ0n) is 7.44. The lowest BCUT2D eigenvalue weighted by Crippen LogP contribution is -2.01. The molecule has 5 nitrogen and oxygen atoms in total. The van der Waals surface area contributed by atoms with E-state index in [1.165, 1.54) is 11.0 Å². The van der Waals surface area contributed by atoms with Gasteiger partial charge in [0, 0.05) is 13.0 Å². The molecule has 1 rings (SSSR count). The first-order valence-corrected chi connectivity index (χ1v) is 3.76. The van der Waals surface area contributed by atoms with Crippen LogP contribution in [-0.2, 0) is 16.6 Å².